The molecule has 1 aliphatic carbocycles. The summed E-state index contributed by atoms with van der Waals surface area (Å²) in [5.74, 6) is 0.560. The van der Waals surface area contributed by atoms with Crippen LogP contribution >= 0.6 is 11.3 Å². The third kappa shape index (κ3) is 4.09. The number of thiazole rings is 1. The van der Waals surface area contributed by atoms with Crippen LogP contribution in [0.15, 0.2) is 11.7 Å². The highest BCUT2D eigenvalue weighted by Crippen LogP contribution is 2.32. The summed E-state index contributed by atoms with van der Waals surface area (Å²) in [6, 6.07) is 0. The van der Waals surface area contributed by atoms with Gasteiger partial charge in [-0.25, -0.2) is 9.67 Å². The van der Waals surface area contributed by atoms with Gasteiger partial charge in [0.25, 0.3) is 0 Å². The molecule has 3 rings (SSSR count). The topological polar surface area (TPSA) is 85.6 Å². The zero-order valence-corrected chi connectivity index (χ0v) is 13.3. The molecule has 1 N–H and O–H groups in total. The summed E-state index contributed by atoms with van der Waals surface area (Å²) in [5.41, 5.74) is 1.25. The quantitative estimate of drug-likeness (QED) is 0.872. The third-order valence-corrected chi connectivity index (χ3v) is 4.88. The van der Waals surface area contributed by atoms with Crippen LogP contribution in [0.3, 0.4) is 0 Å². The first kappa shape index (κ1) is 15.1. The monoisotopic (exact) mass is 320 g/mol. The van der Waals surface area contributed by atoms with E-state index in [1.165, 1.54) is 48.8 Å². The molecule has 0 spiro atoms. The smallest absolute Gasteiger partial charge is 0.241 e. The summed E-state index contributed by atoms with van der Waals surface area (Å²) in [6.07, 6.45) is 8.75. The molecular formula is C14H20N6OS. The second kappa shape index (κ2) is 7.44. The van der Waals surface area contributed by atoms with Crippen molar-refractivity contribution in [1.29, 1.82) is 0 Å². The molecule has 0 atom stereocenters. The van der Waals surface area contributed by atoms with E-state index < -0.39 is 0 Å². The maximum absolute atomic E-state index is 11.7. The second-order valence-electron chi connectivity index (χ2n) is 5.61. The van der Waals surface area contributed by atoms with Crippen molar-refractivity contribution in [2.45, 2.75) is 51.0 Å². The van der Waals surface area contributed by atoms with Crippen molar-refractivity contribution in [1.82, 2.24) is 30.5 Å². The minimum Gasteiger partial charge on any atom is -0.354 e. The van der Waals surface area contributed by atoms with E-state index in [2.05, 4.69) is 26.2 Å². The Morgan fingerprint density at radius 1 is 1.36 bits per heavy atom. The SMILES string of the molecule is O=C(Cn1cnnn1)NCCc1nc(C2CCCCC2)cs1. The first-order chi connectivity index (χ1) is 10.8. The minimum absolute atomic E-state index is 0.0867. The molecule has 2 aromatic heterocycles. The predicted octanol–water partition coefficient (Wildman–Crippen LogP) is 1.54. The van der Waals surface area contributed by atoms with E-state index in [1.807, 2.05) is 0 Å². The molecule has 7 nitrogen and oxygen atoms in total. The van der Waals surface area contributed by atoms with Gasteiger partial charge in [0.2, 0.25) is 5.91 Å². The summed E-state index contributed by atoms with van der Waals surface area (Å²) >= 11 is 1.70. The lowest BCUT2D eigenvalue weighted by atomic mass is 9.87. The molecule has 0 radical (unpaired) electrons. The molecule has 2 aromatic rings. The molecule has 1 aliphatic rings. The Bertz CT molecular complexity index is 590. The van der Waals surface area contributed by atoms with Gasteiger partial charge in [-0.2, -0.15) is 0 Å². The van der Waals surface area contributed by atoms with Crippen LogP contribution in [0.4, 0.5) is 0 Å². The van der Waals surface area contributed by atoms with E-state index >= 15 is 0 Å². The Hall–Kier alpha value is -1.83. The molecule has 0 bridgehead atoms. The van der Waals surface area contributed by atoms with E-state index in [1.54, 1.807) is 11.3 Å². The number of aromatic nitrogens is 5. The lowest BCUT2D eigenvalue weighted by Crippen LogP contribution is -2.29. The van der Waals surface area contributed by atoms with Crippen LogP contribution < -0.4 is 5.32 Å². The number of rotatable bonds is 6. The number of nitrogens with zero attached hydrogens (tertiary/aromatic N) is 5. The van der Waals surface area contributed by atoms with E-state index in [9.17, 15) is 4.79 Å². The third-order valence-electron chi connectivity index (χ3n) is 3.95. The fourth-order valence-electron chi connectivity index (χ4n) is 2.79. The Labute approximate surface area is 133 Å². The van der Waals surface area contributed by atoms with Gasteiger partial charge in [-0.1, -0.05) is 19.3 Å². The van der Waals surface area contributed by atoms with Crippen LogP contribution in [0, 0.1) is 0 Å². The van der Waals surface area contributed by atoms with Gasteiger partial charge in [-0.3, -0.25) is 4.79 Å². The molecule has 1 amide bonds. The maximum Gasteiger partial charge on any atom is 0.241 e. The molecule has 1 fully saturated rings. The van der Waals surface area contributed by atoms with Crippen LogP contribution in [0.25, 0.3) is 0 Å². The van der Waals surface area contributed by atoms with Gasteiger partial charge in [-0.15, -0.1) is 16.4 Å². The Kier molecular flexibility index (Phi) is 5.10. The van der Waals surface area contributed by atoms with Crippen LogP contribution in [0.1, 0.15) is 48.7 Å². The summed E-state index contributed by atoms with van der Waals surface area (Å²) in [5, 5.41) is 16.8. The van der Waals surface area contributed by atoms with Gasteiger partial charge >= 0.3 is 0 Å². The maximum atomic E-state index is 11.7. The average molecular weight is 320 g/mol. The van der Waals surface area contributed by atoms with Crippen LogP contribution in [0.2, 0.25) is 0 Å². The molecule has 8 heteroatoms. The highest BCUT2D eigenvalue weighted by Gasteiger charge is 2.18. The molecular weight excluding hydrogens is 300 g/mol. The first-order valence-corrected chi connectivity index (χ1v) is 8.61. The van der Waals surface area contributed by atoms with Crippen molar-refractivity contribution in [3.8, 4) is 0 Å². The second-order valence-corrected chi connectivity index (χ2v) is 6.55. The molecule has 0 aromatic carbocycles. The number of hydrogen-bond donors (Lipinski definition) is 1. The van der Waals surface area contributed by atoms with Gasteiger partial charge in [0.1, 0.15) is 12.9 Å². The Morgan fingerprint density at radius 3 is 3.00 bits per heavy atom. The molecule has 1 saturated carbocycles. The average Bonchev–Trinajstić information content (AvgIpc) is 3.20. The predicted molar refractivity (Wildman–Crippen MR) is 82.5 cm³/mol. The van der Waals surface area contributed by atoms with E-state index in [4.69, 9.17) is 4.98 Å². The normalized spacial score (nSPS) is 15.8. The standard InChI is InChI=1S/C14H20N6OS/c21-13(8-20-10-16-18-19-20)15-7-6-14-17-12(9-22-14)11-4-2-1-3-5-11/h9-11H,1-8H2,(H,15,21). The number of nitrogens with one attached hydrogen (secondary N) is 1. The van der Waals surface area contributed by atoms with Crippen molar-refractivity contribution in [2.75, 3.05) is 6.54 Å². The van der Waals surface area contributed by atoms with Crippen LogP contribution in [0.5, 0.6) is 0 Å². The van der Waals surface area contributed by atoms with Gasteiger partial charge in [-0.05, 0) is 23.3 Å². The lowest BCUT2D eigenvalue weighted by molar-refractivity contribution is -0.121. The molecule has 0 saturated heterocycles. The highest BCUT2D eigenvalue weighted by atomic mass is 32.1. The Balaban J connectivity index is 1.42. The zero-order valence-electron chi connectivity index (χ0n) is 12.4. The summed E-state index contributed by atoms with van der Waals surface area (Å²) in [6.45, 7) is 0.747. The van der Waals surface area contributed by atoms with Crippen molar-refractivity contribution < 1.29 is 4.79 Å². The fraction of sp³-hybridized carbons (Fsp3) is 0.643. The minimum atomic E-state index is -0.0867. The van der Waals surface area contributed by atoms with Crippen molar-refractivity contribution in [2.24, 2.45) is 0 Å². The summed E-state index contributed by atoms with van der Waals surface area (Å²) in [4.78, 5) is 16.4. The number of carbonyl (C=O) groups is 1. The number of hydrogen-bond acceptors (Lipinski definition) is 6. The molecule has 2 heterocycles. The van der Waals surface area contributed by atoms with Crippen molar-refractivity contribution >= 4 is 17.2 Å². The molecule has 0 aliphatic heterocycles. The number of amides is 1. The summed E-state index contributed by atoms with van der Waals surface area (Å²) < 4.78 is 1.40. The van der Waals surface area contributed by atoms with Crippen LogP contribution in [-0.4, -0.2) is 37.6 Å². The van der Waals surface area contributed by atoms with E-state index in [0.29, 0.717) is 12.5 Å². The molecule has 22 heavy (non-hydrogen) atoms. The van der Waals surface area contributed by atoms with Crippen molar-refractivity contribution in [3.05, 3.63) is 22.4 Å². The molecule has 0 unspecified atom stereocenters. The number of carbonyl (C=O) groups excluding carboxylic acids is 1. The van der Waals surface area contributed by atoms with E-state index in [0.717, 1.165) is 11.4 Å². The first-order valence-electron chi connectivity index (χ1n) is 7.73. The Morgan fingerprint density at radius 2 is 2.23 bits per heavy atom. The van der Waals surface area contributed by atoms with Crippen molar-refractivity contribution in [3.63, 3.8) is 0 Å². The fourth-order valence-corrected chi connectivity index (χ4v) is 3.67. The lowest BCUT2D eigenvalue weighted by Gasteiger charge is -2.19. The zero-order chi connectivity index (χ0) is 15.2. The number of tetrazole rings is 1. The van der Waals surface area contributed by atoms with Gasteiger partial charge in [0, 0.05) is 24.3 Å². The van der Waals surface area contributed by atoms with Gasteiger partial charge < -0.3 is 5.32 Å². The van der Waals surface area contributed by atoms with Gasteiger partial charge in [0.05, 0.1) is 10.7 Å². The van der Waals surface area contributed by atoms with E-state index in [-0.39, 0.29) is 12.5 Å². The summed E-state index contributed by atoms with van der Waals surface area (Å²) in [7, 11) is 0. The molecule has 118 valence electrons. The van der Waals surface area contributed by atoms with Crippen LogP contribution in [-0.2, 0) is 17.8 Å². The highest BCUT2D eigenvalue weighted by molar-refractivity contribution is 7.09. The largest absolute Gasteiger partial charge is 0.354 e. The van der Waals surface area contributed by atoms with Gasteiger partial charge in [0.15, 0.2) is 0 Å².